The van der Waals surface area contributed by atoms with Crippen LogP contribution in [-0.4, -0.2) is 30.9 Å². The Morgan fingerprint density at radius 3 is 2.74 bits per heavy atom. The molecule has 1 fully saturated rings. The first-order chi connectivity index (χ1) is 9.15. The fraction of sp³-hybridized carbons (Fsp3) is 0.500. The monoisotopic (exact) mass is 264 g/mol. The minimum Gasteiger partial charge on any atom is -0.508 e. The topological polar surface area (TPSA) is 61.8 Å². The molecule has 1 aliphatic rings. The van der Waals surface area contributed by atoms with Crippen molar-refractivity contribution in [2.24, 2.45) is 0 Å². The number of phenolic OH excluding ortho intramolecular Hbond substituents is 1. The van der Waals surface area contributed by atoms with Crippen LogP contribution >= 0.6 is 0 Å². The predicted molar refractivity (Wildman–Crippen MR) is 73.5 cm³/mol. The fourth-order valence-corrected chi connectivity index (χ4v) is 2.37. The number of nitrogens with one attached hydrogen (secondary N) is 1. The van der Waals surface area contributed by atoms with E-state index in [1.807, 2.05) is 12.1 Å². The zero-order chi connectivity index (χ0) is 13.8. The summed E-state index contributed by atoms with van der Waals surface area (Å²) in [5, 5.41) is 12.9. The number of aromatic hydroxyl groups is 1. The lowest BCUT2D eigenvalue weighted by Gasteiger charge is -2.26. The molecule has 0 aromatic heterocycles. The van der Waals surface area contributed by atoms with Crippen molar-refractivity contribution in [2.45, 2.75) is 26.3 Å². The molecule has 1 aromatic rings. The smallest absolute Gasteiger partial charge is 0.407 e. The van der Waals surface area contributed by atoms with E-state index in [1.54, 1.807) is 6.07 Å². The van der Waals surface area contributed by atoms with Crippen molar-refractivity contribution in [3.8, 4) is 5.75 Å². The maximum atomic E-state index is 11.2. The third-order valence-corrected chi connectivity index (χ3v) is 3.45. The van der Waals surface area contributed by atoms with E-state index < -0.39 is 6.09 Å². The van der Waals surface area contributed by atoms with Crippen LogP contribution in [-0.2, 0) is 4.74 Å². The fourth-order valence-electron chi connectivity index (χ4n) is 2.37. The number of hydrogen-bond acceptors (Lipinski definition) is 4. The molecule has 2 N–H and O–H groups in total. The first-order valence-corrected chi connectivity index (χ1v) is 6.66. The summed E-state index contributed by atoms with van der Waals surface area (Å²) in [5.74, 6) is 0.219. The molecule has 0 unspecified atom stereocenters. The SMILES string of the molecule is CCN(CC)c1ccc([C@H]2CCOC(=O)N2)c(O)c1. The van der Waals surface area contributed by atoms with Gasteiger partial charge in [-0.1, -0.05) is 6.07 Å². The quantitative estimate of drug-likeness (QED) is 0.876. The number of alkyl carbamates (subject to hydrolysis) is 1. The average Bonchev–Trinajstić information content (AvgIpc) is 2.40. The molecule has 1 amide bonds. The van der Waals surface area contributed by atoms with E-state index in [1.165, 1.54) is 0 Å². The molecule has 19 heavy (non-hydrogen) atoms. The molecule has 5 nitrogen and oxygen atoms in total. The van der Waals surface area contributed by atoms with Crippen LogP contribution in [0.1, 0.15) is 31.9 Å². The Bertz CT molecular complexity index is 458. The number of phenols is 1. The van der Waals surface area contributed by atoms with E-state index in [4.69, 9.17) is 4.74 Å². The second-order valence-corrected chi connectivity index (χ2v) is 4.54. The van der Waals surface area contributed by atoms with Gasteiger partial charge in [0, 0.05) is 36.8 Å². The van der Waals surface area contributed by atoms with Crippen molar-refractivity contribution >= 4 is 11.8 Å². The molecule has 0 radical (unpaired) electrons. The molecule has 0 spiro atoms. The van der Waals surface area contributed by atoms with Crippen LogP contribution in [0.15, 0.2) is 18.2 Å². The van der Waals surface area contributed by atoms with Gasteiger partial charge in [-0.05, 0) is 19.9 Å². The lowest BCUT2D eigenvalue weighted by atomic mass is 10.0. The lowest BCUT2D eigenvalue weighted by molar-refractivity contribution is 0.115. The molecule has 0 saturated carbocycles. The van der Waals surface area contributed by atoms with Gasteiger partial charge in [-0.2, -0.15) is 0 Å². The molecule has 2 rings (SSSR count). The Balaban J connectivity index is 2.21. The molecule has 1 saturated heterocycles. The summed E-state index contributed by atoms with van der Waals surface area (Å²) in [6.07, 6.45) is 0.243. The van der Waals surface area contributed by atoms with E-state index in [9.17, 15) is 9.90 Å². The minimum atomic E-state index is -0.427. The van der Waals surface area contributed by atoms with Crippen LogP contribution in [0.3, 0.4) is 0 Å². The summed E-state index contributed by atoms with van der Waals surface area (Å²) in [7, 11) is 0. The molecule has 104 valence electrons. The molecular formula is C14H20N2O3. The second kappa shape index (κ2) is 5.82. The van der Waals surface area contributed by atoms with Gasteiger partial charge in [-0.25, -0.2) is 4.79 Å². The first-order valence-electron chi connectivity index (χ1n) is 6.66. The summed E-state index contributed by atoms with van der Waals surface area (Å²) >= 11 is 0. The van der Waals surface area contributed by atoms with Gasteiger partial charge in [0.1, 0.15) is 5.75 Å². The van der Waals surface area contributed by atoms with Gasteiger partial charge in [0.2, 0.25) is 0 Å². The number of benzene rings is 1. The third-order valence-electron chi connectivity index (χ3n) is 3.45. The van der Waals surface area contributed by atoms with Gasteiger partial charge in [-0.3, -0.25) is 0 Å². The normalized spacial score (nSPS) is 18.6. The highest BCUT2D eigenvalue weighted by molar-refractivity contribution is 5.69. The third kappa shape index (κ3) is 2.92. The van der Waals surface area contributed by atoms with Gasteiger partial charge in [0.15, 0.2) is 0 Å². The van der Waals surface area contributed by atoms with Crippen molar-refractivity contribution in [1.29, 1.82) is 0 Å². The highest BCUT2D eigenvalue weighted by Crippen LogP contribution is 2.31. The highest BCUT2D eigenvalue weighted by atomic mass is 16.5. The van der Waals surface area contributed by atoms with E-state index in [2.05, 4.69) is 24.1 Å². The Kier molecular flexibility index (Phi) is 4.14. The largest absolute Gasteiger partial charge is 0.508 e. The molecule has 1 aliphatic heterocycles. The number of nitrogens with zero attached hydrogens (tertiary/aromatic N) is 1. The summed E-state index contributed by atoms with van der Waals surface area (Å²) < 4.78 is 4.83. The number of ether oxygens (including phenoxy) is 1. The van der Waals surface area contributed by atoms with Crippen LogP contribution in [0.2, 0.25) is 0 Å². The first kappa shape index (κ1) is 13.5. The number of carbonyl (C=O) groups is 1. The van der Waals surface area contributed by atoms with Gasteiger partial charge in [-0.15, -0.1) is 0 Å². The van der Waals surface area contributed by atoms with Crippen molar-refractivity contribution < 1.29 is 14.6 Å². The van der Waals surface area contributed by atoms with Crippen LogP contribution in [0.4, 0.5) is 10.5 Å². The Morgan fingerprint density at radius 2 is 2.16 bits per heavy atom. The maximum absolute atomic E-state index is 11.2. The average molecular weight is 264 g/mol. The van der Waals surface area contributed by atoms with Crippen molar-refractivity contribution in [3.63, 3.8) is 0 Å². The predicted octanol–water partition coefficient (Wildman–Crippen LogP) is 2.41. The number of rotatable bonds is 4. The molecule has 1 atom stereocenters. The van der Waals surface area contributed by atoms with Crippen molar-refractivity contribution in [1.82, 2.24) is 5.32 Å². The van der Waals surface area contributed by atoms with Crippen molar-refractivity contribution in [3.05, 3.63) is 23.8 Å². The van der Waals surface area contributed by atoms with Crippen molar-refractivity contribution in [2.75, 3.05) is 24.6 Å². The Hall–Kier alpha value is -1.91. The minimum absolute atomic E-state index is 0.174. The zero-order valence-corrected chi connectivity index (χ0v) is 11.3. The number of carbonyl (C=O) groups excluding carboxylic acids is 1. The summed E-state index contributed by atoms with van der Waals surface area (Å²) in [6, 6.07) is 5.43. The molecule has 0 bridgehead atoms. The van der Waals surface area contributed by atoms with E-state index >= 15 is 0 Å². The summed E-state index contributed by atoms with van der Waals surface area (Å²) in [4.78, 5) is 13.4. The van der Waals surface area contributed by atoms with E-state index in [0.29, 0.717) is 13.0 Å². The summed E-state index contributed by atoms with van der Waals surface area (Å²) in [6.45, 7) is 6.32. The number of anilines is 1. The second-order valence-electron chi connectivity index (χ2n) is 4.54. The van der Waals surface area contributed by atoms with E-state index in [-0.39, 0.29) is 11.8 Å². The Morgan fingerprint density at radius 1 is 1.42 bits per heavy atom. The van der Waals surface area contributed by atoms with Gasteiger partial charge in [0.25, 0.3) is 0 Å². The van der Waals surface area contributed by atoms with Crippen LogP contribution < -0.4 is 10.2 Å². The summed E-state index contributed by atoms with van der Waals surface area (Å²) in [5.41, 5.74) is 1.73. The number of amides is 1. The standard InChI is InChI=1S/C14H20N2O3/c1-3-16(4-2)10-5-6-11(13(17)9-10)12-7-8-19-14(18)15-12/h5-6,9,12,17H,3-4,7-8H2,1-2H3,(H,15,18)/t12-/m1/s1. The maximum Gasteiger partial charge on any atom is 0.407 e. The van der Waals surface area contributed by atoms with Crippen LogP contribution in [0.5, 0.6) is 5.75 Å². The molecule has 1 heterocycles. The molecular weight excluding hydrogens is 244 g/mol. The van der Waals surface area contributed by atoms with Crippen LogP contribution in [0, 0.1) is 0 Å². The molecule has 1 aromatic carbocycles. The highest BCUT2D eigenvalue weighted by Gasteiger charge is 2.23. The number of hydrogen-bond donors (Lipinski definition) is 2. The van der Waals surface area contributed by atoms with Gasteiger partial charge in [0.05, 0.1) is 12.6 Å². The van der Waals surface area contributed by atoms with E-state index in [0.717, 1.165) is 24.3 Å². The zero-order valence-electron chi connectivity index (χ0n) is 11.3. The lowest BCUT2D eigenvalue weighted by Crippen LogP contribution is -2.35. The van der Waals surface area contributed by atoms with Gasteiger partial charge >= 0.3 is 6.09 Å². The number of cyclic esters (lactones) is 1. The molecule has 5 heteroatoms. The molecule has 0 aliphatic carbocycles. The van der Waals surface area contributed by atoms with Gasteiger partial charge < -0.3 is 20.1 Å². The Labute approximate surface area is 113 Å². The van der Waals surface area contributed by atoms with Crippen LogP contribution in [0.25, 0.3) is 0 Å².